The summed E-state index contributed by atoms with van der Waals surface area (Å²) < 4.78 is 7.32. The van der Waals surface area contributed by atoms with Gasteiger partial charge in [0, 0.05) is 48.9 Å². The average Bonchev–Trinajstić information content (AvgIpc) is 3.57. The number of hydrogen-bond donors (Lipinski definition) is 2. The van der Waals surface area contributed by atoms with E-state index in [4.69, 9.17) is 17.0 Å². The molecule has 0 spiro atoms. The number of carbonyl (C=O) groups excluding carboxylic acids is 1. The molecule has 0 aliphatic carbocycles. The van der Waals surface area contributed by atoms with E-state index in [9.17, 15) is 14.9 Å². The molecule has 0 saturated carbocycles. The van der Waals surface area contributed by atoms with Crippen LogP contribution in [0.2, 0.25) is 0 Å². The number of rotatable bonds is 9. The number of non-ortho nitro benzene ring substituents is 1. The van der Waals surface area contributed by atoms with E-state index in [1.807, 2.05) is 58.1 Å². The molecule has 2 aromatic heterocycles. The van der Waals surface area contributed by atoms with Crippen LogP contribution in [0.5, 0.6) is 5.75 Å². The first kappa shape index (κ1) is 25.9. The average molecular weight is 543 g/mol. The number of para-hydroxylation sites is 2. The van der Waals surface area contributed by atoms with Crippen LogP contribution in [0.4, 0.5) is 11.4 Å². The third-order valence-electron chi connectivity index (χ3n) is 6.58. The number of ether oxygens (including phenoxy) is 1. The first-order valence-electron chi connectivity index (χ1n) is 12.3. The molecule has 1 aliphatic rings. The minimum absolute atomic E-state index is 0.0187. The number of nitro benzene ring substituents is 1. The predicted molar refractivity (Wildman–Crippen MR) is 151 cm³/mol. The van der Waals surface area contributed by atoms with Gasteiger partial charge in [0.25, 0.3) is 5.69 Å². The number of thiocarbonyl (C=S) groups is 1. The van der Waals surface area contributed by atoms with Crippen LogP contribution in [-0.2, 0) is 4.79 Å². The Labute approximate surface area is 230 Å². The van der Waals surface area contributed by atoms with E-state index in [1.165, 1.54) is 12.1 Å². The molecule has 1 saturated heterocycles. The highest BCUT2D eigenvalue weighted by Crippen LogP contribution is 2.39. The monoisotopic (exact) mass is 542 g/mol. The molecule has 1 fully saturated rings. The molecule has 11 heteroatoms. The fraction of sp³-hybridized carbons (Fsp3) is 0.179. The van der Waals surface area contributed by atoms with Gasteiger partial charge in [0.2, 0.25) is 5.91 Å². The normalized spacial score (nSPS) is 16.5. The standard InChI is InChI=1S/C28H26N6O4S/c1-38-24-10-3-2-7-21(24)30-25(35)15-18-33-27(26(31-28(33)39)22-8-4-5-16-29-22)23-9-6-17-32(23)19-11-13-20(14-12-19)34(36)37/h2-14,16-17,26-27H,15,18H2,1H3,(H,30,35)(H,31,39)/t26-,27-/m1/s1. The van der Waals surface area contributed by atoms with Gasteiger partial charge in [0.15, 0.2) is 5.11 Å². The Balaban J connectivity index is 1.44. The van der Waals surface area contributed by atoms with Gasteiger partial charge in [-0.2, -0.15) is 0 Å². The molecule has 2 atom stereocenters. The van der Waals surface area contributed by atoms with Crippen LogP contribution in [0.3, 0.4) is 0 Å². The van der Waals surface area contributed by atoms with E-state index in [0.29, 0.717) is 23.1 Å². The smallest absolute Gasteiger partial charge is 0.269 e. The fourth-order valence-electron chi connectivity index (χ4n) is 4.76. The van der Waals surface area contributed by atoms with Crippen LogP contribution in [-0.4, -0.2) is 44.0 Å². The second-order valence-corrected chi connectivity index (χ2v) is 9.28. The topological polar surface area (TPSA) is 115 Å². The SMILES string of the molecule is COc1ccccc1NC(=O)CCN1C(=S)N[C@H](c2ccccn2)[C@H]1c1cccn1-c1ccc([N+](=O)[O-])cc1. The van der Waals surface area contributed by atoms with Crippen molar-refractivity contribution in [3.8, 4) is 11.4 Å². The van der Waals surface area contributed by atoms with E-state index in [1.54, 1.807) is 37.6 Å². The number of nitrogens with zero attached hydrogens (tertiary/aromatic N) is 4. The van der Waals surface area contributed by atoms with Crippen molar-refractivity contribution in [2.24, 2.45) is 0 Å². The summed E-state index contributed by atoms with van der Waals surface area (Å²) >= 11 is 5.75. The van der Waals surface area contributed by atoms with Crippen molar-refractivity contribution >= 4 is 34.6 Å². The van der Waals surface area contributed by atoms with Gasteiger partial charge >= 0.3 is 0 Å². The maximum atomic E-state index is 12.9. The molecular weight excluding hydrogens is 516 g/mol. The van der Waals surface area contributed by atoms with Crippen molar-refractivity contribution in [3.63, 3.8) is 0 Å². The second kappa shape index (κ2) is 11.3. The molecule has 2 aromatic carbocycles. The maximum Gasteiger partial charge on any atom is 0.269 e. The highest BCUT2D eigenvalue weighted by atomic mass is 32.1. The van der Waals surface area contributed by atoms with Crippen molar-refractivity contribution in [2.75, 3.05) is 19.0 Å². The Morgan fingerprint density at radius 1 is 1.10 bits per heavy atom. The molecule has 0 bridgehead atoms. The van der Waals surface area contributed by atoms with Crippen LogP contribution >= 0.6 is 12.2 Å². The molecule has 5 rings (SSSR count). The Morgan fingerprint density at radius 3 is 2.59 bits per heavy atom. The van der Waals surface area contributed by atoms with Gasteiger partial charge in [0.1, 0.15) is 5.75 Å². The number of amides is 1. The molecule has 1 aliphatic heterocycles. The van der Waals surface area contributed by atoms with Gasteiger partial charge in [-0.1, -0.05) is 18.2 Å². The zero-order valence-electron chi connectivity index (χ0n) is 21.1. The molecule has 39 heavy (non-hydrogen) atoms. The first-order valence-corrected chi connectivity index (χ1v) is 12.7. The molecule has 0 radical (unpaired) electrons. The van der Waals surface area contributed by atoms with Gasteiger partial charge < -0.3 is 24.8 Å². The predicted octanol–water partition coefficient (Wildman–Crippen LogP) is 4.79. The van der Waals surface area contributed by atoms with E-state index in [2.05, 4.69) is 15.6 Å². The first-order chi connectivity index (χ1) is 19.0. The van der Waals surface area contributed by atoms with Crippen molar-refractivity contribution < 1.29 is 14.5 Å². The summed E-state index contributed by atoms with van der Waals surface area (Å²) in [6.07, 6.45) is 3.82. The second-order valence-electron chi connectivity index (χ2n) is 8.90. The zero-order chi connectivity index (χ0) is 27.4. The van der Waals surface area contributed by atoms with E-state index < -0.39 is 4.92 Å². The van der Waals surface area contributed by atoms with E-state index in [0.717, 1.165) is 17.1 Å². The number of pyridine rings is 1. The van der Waals surface area contributed by atoms with E-state index >= 15 is 0 Å². The third kappa shape index (κ3) is 5.43. The number of methoxy groups -OCH3 is 1. The summed E-state index contributed by atoms with van der Waals surface area (Å²) in [5, 5.41) is 18.0. The van der Waals surface area contributed by atoms with Gasteiger partial charge in [-0.3, -0.25) is 19.9 Å². The van der Waals surface area contributed by atoms with E-state index in [-0.39, 0.29) is 30.1 Å². The highest BCUT2D eigenvalue weighted by Gasteiger charge is 2.41. The number of nitro groups is 1. The van der Waals surface area contributed by atoms with Crippen molar-refractivity contribution in [2.45, 2.75) is 18.5 Å². The molecule has 4 aromatic rings. The zero-order valence-corrected chi connectivity index (χ0v) is 21.9. The number of carbonyl (C=O) groups is 1. The molecule has 3 heterocycles. The van der Waals surface area contributed by atoms with Crippen LogP contribution in [0.1, 0.15) is 29.9 Å². The summed E-state index contributed by atoms with van der Waals surface area (Å²) in [6.45, 7) is 0.353. The summed E-state index contributed by atoms with van der Waals surface area (Å²) in [7, 11) is 1.56. The van der Waals surface area contributed by atoms with Crippen LogP contribution in [0, 0.1) is 10.1 Å². The van der Waals surface area contributed by atoms with Crippen molar-refractivity contribution in [3.05, 3.63) is 113 Å². The van der Waals surface area contributed by atoms with Crippen molar-refractivity contribution in [1.29, 1.82) is 0 Å². The molecule has 1 amide bonds. The Hall–Kier alpha value is -4.77. The largest absolute Gasteiger partial charge is 0.495 e. The van der Waals surface area contributed by atoms with Crippen LogP contribution < -0.4 is 15.4 Å². The number of benzene rings is 2. The van der Waals surface area contributed by atoms with Gasteiger partial charge in [-0.05, 0) is 60.7 Å². The Kier molecular flexibility index (Phi) is 7.50. The summed E-state index contributed by atoms with van der Waals surface area (Å²) in [5.74, 6) is 0.409. The minimum Gasteiger partial charge on any atom is -0.495 e. The molecular formula is C28H26N6O4S. The quantitative estimate of drug-likeness (QED) is 0.176. The lowest BCUT2D eigenvalue weighted by atomic mass is 10.0. The molecule has 10 nitrogen and oxygen atoms in total. The summed E-state index contributed by atoms with van der Waals surface area (Å²) in [4.78, 5) is 30.2. The third-order valence-corrected chi connectivity index (χ3v) is 6.93. The number of hydrogen-bond acceptors (Lipinski definition) is 6. The lowest BCUT2D eigenvalue weighted by Gasteiger charge is -2.29. The summed E-state index contributed by atoms with van der Waals surface area (Å²) in [6, 6.07) is 22.7. The highest BCUT2D eigenvalue weighted by molar-refractivity contribution is 7.80. The molecule has 2 N–H and O–H groups in total. The molecule has 0 unspecified atom stereocenters. The maximum absolute atomic E-state index is 12.9. The number of aromatic nitrogens is 2. The lowest BCUT2D eigenvalue weighted by Crippen LogP contribution is -2.33. The van der Waals surface area contributed by atoms with Gasteiger partial charge in [0.05, 0.1) is 35.5 Å². The lowest BCUT2D eigenvalue weighted by molar-refractivity contribution is -0.384. The van der Waals surface area contributed by atoms with Gasteiger partial charge in [-0.15, -0.1) is 0 Å². The number of nitrogens with one attached hydrogen (secondary N) is 2. The van der Waals surface area contributed by atoms with Gasteiger partial charge in [-0.25, -0.2) is 0 Å². The van der Waals surface area contributed by atoms with Crippen molar-refractivity contribution in [1.82, 2.24) is 19.8 Å². The number of anilines is 1. The summed E-state index contributed by atoms with van der Waals surface area (Å²) in [5.41, 5.74) is 3.10. The fourth-order valence-corrected chi connectivity index (χ4v) is 5.09. The van der Waals surface area contributed by atoms with Crippen LogP contribution in [0.25, 0.3) is 5.69 Å². The van der Waals surface area contributed by atoms with Crippen LogP contribution in [0.15, 0.2) is 91.3 Å². The molecule has 198 valence electrons. The Morgan fingerprint density at radius 2 is 1.87 bits per heavy atom. The Bertz CT molecular complexity index is 1490. The minimum atomic E-state index is -0.422.